The summed E-state index contributed by atoms with van der Waals surface area (Å²) in [6, 6.07) is 0. The first kappa shape index (κ1) is 11.9. The van der Waals surface area contributed by atoms with Gasteiger partial charge in [0.05, 0.1) is 6.10 Å². The first-order chi connectivity index (χ1) is 7.17. The Morgan fingerprint density at radius 3 is 2.73 bits per heavy atom. The Morgan fingerprint density at radius 2 is 2.20 bits per heavy atom. The Kier molecular flexibility index (Phi) is 4.49. The van der Waals surface area contributed by atoms with Gasteiger partial charge in [-0.15, -0.1) is 0 Å². The number of ether oxygens (including phenoxy) is 1. The minimum atomic E-state index is 0.126. The van der Waals surface area contributed by atoms with Crippen LogP contribution in [0.25, 0.3) is 0 Å². The second kappa shape index (κ2) is 5.66. The summed E-state index contributed by atoms with van der Waals surface area (Å²) in [7, 11) is 0. The van der Waals surface area contributed by atoms with Gasteiger partial charge in [-0.2, -0.15) is 4.98 Å². The average Bonchev–Trinajstić information content (AvgIpc) is 2.20. The molecule has 0 aliphatic heterocycles. The molecule has 0 spiro atoms. The fraction of sp³-hybridized carbons (Fsp3) is 0.636. The summed E-state index contributed by atoms with van der Waals surface area (Å²) >= 11 is 0. The lowest BCUT2D eigenvalue weighted by Gasteiger charge is -2.13. The van der Waals surface area contributed by atoms with Crippen LogP contribution in [0.4, 0.5) is 0 Å². The fourth-order valence-electron chi connectivity index (χ4n) is 1.25. The second-order valence-corrected chi connectivity index (χ2v) is 3.68. The Bertz CT molecular complexity index is 313. The normalized spacial score (nSPS) is 10.7. The molecule has 1 heterocycles. The van der Waals surface area contributed by atoms with Gasteiger partial charge in [0.15, 0.2) is 0 Å². The van der Waals surface area contributed by atoms with Crippen molar-refractivity contribution >= 4 is 0 Å². The lowest BCUT2D eigenvalue weighted by Crippen LogP contribution is -2.13. The number of nitrogens with zero attached hydrogens (tertiary/aromatic N) is 2. The number of aromatic nitrogens is 2. The summed E-state index contributed by atoms with van der Waals surface area (Å²) in [6.07, 6.45) is 3.51. The van der Waals surface area contributed by atoms with E-state index in [1.807, 2.05) is 27.0 Å². The van der Waals surface area contributed by atoms with Crippen LogP contribution in [0.1, 0.15) is 32.2 Å². The molecule has 0 saturated heterocycles. The van der Waals surface area contributed by atoms with E-state index in [4.69, 9.17) is 10.5 Å². The Balaban J connectivity index is 2.93. The summed E-state index contributed by atoms with van der Waals surface area (Å²) in [6.45, 7) is 6.58. The Morgan fingerprint density at radius 1 is 1.47 bits per heavy atom. The topological polar surface area (TPSA) is 61.0 Å². The van der Waals surface area contributed by atoms with Crippen LogP contribution in [0.15, 0.2) is 6.20 Å². The molecule has 0 aliphatic rings. The maximum absolute atomic E-state index is 5.63. The van der Waals surface area contributed by atoms with E-state index < -0.39 is 0 Å². The van der Waals surface area contributed by atoms with Crippen LogP contribution in [-0.4, -0.2) is 22.6 Å². The molecule has 15 heavy (non-hydrogen) atoms. The van der Waals surface area contributed by atoms with Crippen LogP contribution in [0, 0.1) is 0 Å². The van der Waals surface area contributed by atoms with E-state index in [1.54, 1.807) is 0 Å². The van der Waals surface area contributed by atoms with Crippen molar-refractivity contribution in [1.82, 2.24) is 9.97 Å². The van der Waals surface area contributed by atoms with E-state index in [-0.39, 0.29) is 6.10 Å². The number of hydrogen-bond donors (Lipinski definition) is 1. The minimum Gasteiger partial charge on any atom is -0.475 e. The van der Waals surface area contributed by atoms with Crippen molar-refractivity contribution in [3.8, 4) is 5.88 Å². The van der Waals surface area contributed by atoms with Gasteiger partial charge in [-0.3, -0.25) is 0 Å². The lowest BCUT2D eigenvalue weighted by atomic mass is 10.2. The molecule has 0 bridgehead atoms. The van der Waals surface area contributed by atoms with Crippen LogP contribution >= 0.6 is 0 Å². The highest BCUT2D eigenvalue weighted by Crippen LogP contribution is 2.16. The van der Waals surface area contributed by atoms with Crippen molar-refractivity contribution < 1.29 is 4.74 Å². The van der Waals surface area contributed by atoms with Crippen molar-refractivity contribution in [2.75, 3.05) is 6.54 Å². The van der Waals surface area contributed by atoms with Gasteiger partial charge in [-0.1, -0.05) is 6.92 Å². The van der Waals surface area contributed by atoms with Crippen molar-refractivity contribution in [3.63, 3.8) is 0 Å². The van der Waals surface area contributed by atoms with Crippen LogP contribution in [0.2, 0.25) is 0 Å². The quantitative estimate of drug-likeness (QED) is 0.794. The van der Waals surface area contributed by atoms with E-state index in [0.29, 0.717) is 12.4 Å². The molecular formula is C11H19N3O. The molecule has 0 unspecified atom stereocenters. The fourth-order valence-corrected chi connectivity index (χ4v) is 1.25. The first-order valence-corrected chi connectivity index (χ1v) is 5.38. The Labute approximate surface area is 90.9 Å². The zero-order valence-electron chi connectivity index (χ0n) is 9.66. The average molecular weight is 209 g/mol. The molecule has 4 heteroatoms. The molecule has 2 N–H and O–H groups in total. The van der Waals surface area contributed by atoms with Gasteiger partial charge >= 0.3 is 0 Å². The van der Waals surface area contributed by atoms with Crippen LogP contribution < -0.4 is 10.5 Å². The first-order valence-electron chi connectivity index (χ1n) is 5.38. The highest BCUT2D eigenvalue weighted by molar-refractivity contribution is 5.24. The molecule has 1 rings (SSSR count). The third-order valence-corrected chi connectivity index (χ3v) is 1.95. The summed E-state index contributed by atoms with van der Waals surface area (Å²) in [5.74, 6) is 1.49. The second-order valence-electron chi connectivity index (χ2n) is 3.68. The molecule has 1 aromatic rings. The van der Waals surface area contributed by atoms with Crippen LogP contribution in [0.5, 0.6) is 5.88 Å². The largest absolute Gasteiger partial charge is 0.475 e. The monoisotopic (exact) mass is 209 g/mol. The van der Waals surface area contributed by atoms with E-state index >= 15 is 0 Å². The predicted octanol–water partition coefficient (Wildman–Crippen LogP) is 1.33. The number of aryl methyl sites for hydroxylation is 1. The van der Waals surface area contributed by atoms with E-state index in [9.17, 15) is 0 Å². The molecule has 0 atom stereocenters. The smallest absolute Gasteiger partial charge is 0.220 e. The minimum absolute atomic E-state index is 0.126. The zero-order valence-corrected chi connectivity index (χ0v) is 9.66. The number of hydrogen-bond acceptors (Lipinski definition) is 4. The van der Waals surface area contributed by atoms with Crippen LogP contribution in [-0.2, 0) is 12.8 Å². The third kappa shape index (κ3) is 3.47. The highest BCUT2D eigenvalue weighted by atomic mass is 16.5. The SMILES string of the molecule is CCc1ncc(CCN)c(OC(C)C)n1. The van der Waals surface area contributed by atoms with Crippen molar-refractivity contribution in [3.05, 3.63) is 17.6 Å². The summed E-state index contributed by atoms with van der Waals surface area (Å²) in [5.41, 5.74) is 6.51. The van der Waals surface area contributed by atoms with Gasteiger partial charge < -0.3 is 10.5 Å². The zero-order chi connectivity index (χ0) is 11.3. The molecule has 4 nitrogen and oxygen atoms in total. The molecule has 1 aromatic heterocycles. The van der Waals surface area contributed by atoms with E-state index in [2.05, 4.69) is 9.97 Å². The van der Waals surface area contributed by atoms with E-state index in [1.165, 1.54) is 0 Å². The van der Waals surface area contributed by atoms with Gasteiger partial charge in [-0.25, -0.2) is 4.98 Å². The Hall–Kier alpha value is -1.16. The summed E-state index contributed by atoms with van der Waals surface area (Å²) in [5, 5.41) is 0. The number of nitrogens with two attached hydrogens (primary N) is 1. The molecular weight excluding hydrogens is 190 g/mol. The van der Waals surface area contributed by atoms with Gasteiger partial charge in [0.2, 0.25) is 5.88 Å². The molecule has 0 fully saturated rings. The molecule has 0 saturated carbocycles. The predicted molar refractivity (Wildman–Crippen MR) is 59.9 cm³/mol. The summed E-state index contributed by atoms with van der Waals surface area (Å²) < 4.78 is 5.63. The van der Waals surface area contributed by atoms with Crippen molar-refractivity contribution in [2.24, 2.45) is 5.73 Å². The molecule has 0 radical (unpaired) electrons. The standard InChI is InChI=1S/C11H19N3O/c1-4-10-13-7-9(5-6-12)11(14-10)15-8(2)3/h7-8H,4-6,12H2,1-3H3. The maximum atomic E-state index is 5.63. The number of rotatable bonds is 5. The van der Waals surface area contributed by atoms with Crippen LogP contribution in [0.3, 0.4) is 0 Å². The highest BCUT2D eigenvalue weighted by Gasteiger charge is 2.08. The molecule has 0 amide bonds. The summed E-state index contributed by atoms with van der Waals surface area (Å²) in [4.78, 5) is 8.60. The van der Waals surface area contributed by atoms with Gasteiger partial charge in [0.1, 0.15) is 5.82 Å². The third-order valence-electron chi connectivity index (χ3n) is 1.95. The molecule has 0 aliphatic carbocycles. The lowest BCUT2D eigenvalue weighted by molar-refractivity contribution is 0.229. The maximum Gasteiger partial charge on any atom is 0.220 e. The van der Waals surface area contributed by atoms with Crippen molar-refractivity contribution in [1.29, 1.82) is 0 Å². The molecule has 0 aromatic carbocycles. The molecule has 84 valence electrons. The van der Waals surface area contributed by atoms with Gasteiger partial charge in [-0.05, 0) is 26.8 Å². The van der Waals surface area contributed by atoms with Gasteiger partial charge in [0, 0.05) is 18.2 Å². The van der Waals surface area contributed by atoms with E-state index in [0.717, 1.165) is 24.2 Å². The van der Waals surface area contributed by atoms with Crippen molar-refractivity contribution in [2.45, 2.75) is 39.7 Å². The van der Waals surface area contributed by atoms with Gasteiger partial charge in [0.25, 0.3) is 0 Å².